The van der Waals surface area contributed by atoms with Crippen LogP contribution in [0.1, 0.15) is 284 Å². The maximum Gasteiger partial charge on any atom is 0.220 e. The largest absolute Gasteiger partial charge is 0.394 e. The van der Waals surface area contributed by atoms with Crippen molar-refractivity contribution in [2.24, 2.45) is 0 Å². The molecule has 0 aliphatic carbocycles. The van der Waals surface area contributed by atoms with Gasteiger partial charge in [-0.1, -0.05) is 297 Å². The van der Waals surface area contributed by atoms with Crippen LogP contribution in [0.3, 0.4) is 0 Å². The minimum atomic E-state index is -0.877. The van der Waals surface area contributed by atoms with Crippen molar-refractivity contribution in [1.29, 1.82) is 0 Å². The first kappa shape index (κ1) is 67.0. The molecule has 4 heteroatoms. The number of unbranched alkanes of at least 4 members (excludes halogenated alkanes) is 31. The van der Waals surface area contributed by atoms with E-state index in [0.717, 1.165) is 89.9 Å². The highest BCUT2D eigenvalue weighted by Crippen LogP contribution is 2.16. The van der Waals surface area contributed by atoms with E-state index in [1.54, 1.807) is 6.08 Å². The van der Waals surface area contributed by atoms with Gasteiger partial charge in [-0.25, -0.2) is 0 Å². The van der Waals surface area contributed by atoms with Crippen LogP contribution in [0.25, 0.3) is 0 Å². The monoisotopic (exact) mass is 970 g/mol. The average molecular weight is 971 g/mol. The van der Waals surface area contributed by atoms with E-state index in [1.807, 2.05) is 6.08 Å². The number of rotatable bonds is 54. The zero-order chi connectivity index (χ0) is 50.6. The first-order valence-corrected chi connectivity index (χ1v) is 30.1. The summed E-state index contributed by atoms with van der Waals surface area (Å²) in [5, 5.41) is 23.2. The fourth-order valence-electron chi connectivity index (χ4n) is 8.71. The molecule has 0 aliphatic rings. The van der Waals surface area contributed by atoms with Crippen molar-refractivity contribution in [3.05, 3.63) is 109 Å². The molecule has 1 amide bonds. The predicted octanol–water partition coefficient (Wildman–Crippen LogP) is 20.3. The van der Waals surface area contributed by atoms with E-state index in [0.29, 0.717) is 6.42 Å². The van der Waals surface area contributed by atoms with Gasteiger partial charge in [-0.3, -0.25) is 4.79 Å². The molecule has 70 heavy (non-hydrogen) atoms. The van der Waals surface area contributed by atoms with Crippen LogP contribution in [-0.2, 0) is 4.79 Å². The first-order valence-electron chi connectivity index (χ1n) is 30.1. The molecular formula is C66H115NO3. The van der Waals surface area contributed by atoms with E-state index in [-0.39, 0.29) is 12.5 Å². The van der Waals surface area contributed by atoms with Gasteiger partial charge in [-0.15, -0.1) is 0 Å². The Morgan fingerprint density at radius 3 is 1.00 bits per heavy atom. The molecule has 4 nitrogen and oxygen atoms in total. The van der Waals surface area contributed by atoms with Crippen LogP contribution < -0.4 is 5.32 Å². The molecule has 0 bridgehead atoms. The fraction of sp³-hybridized carbons (Fsp3) is 0.712. The topological polar surface area (TPSA) is 69.6 Å². The lowest BCUT2D eigenvalue weighted by Crippen LogP contribution is -2.45. The lowest BCUT2D eigenvalue weighted by Gasteiger charge is -2.19. The second-order valence-corrected chi connectivity index (χ2v) is 20.0. The molecule has 402 valence electrons. The SMILES string of the molecule is CC/C=C\C/C=C\C/C=C\C/C=C\C/C=C\C/C=C\C/C=C\CCCCCCCCCC(=O)NC(CO)C(O)/C=C/CC/C=C/CCCCCCCCCCCCCCCCCCCCCCCCC. The quantitative estimate of drug-likeness (QED) is 0.0420. The van der Waals surface area contributed by atoms with Gasteiger partial charge >= 0.3 is 0 Å². The Morgan fingerprint density at radius 1 is 0.357 bits per heavy atom. The van der Waals surface area contributed by atoms with Crippen molar-refractivity contribution in [2.45, 2.75) is 296 Å². The van der Waals surface area contributed by atoms with Gasteiger partial charge in [0.25, 0.3) is 0 Å². The van der Waals surface area contributed by atoms with Gasteiger partial charge in [-0.05, 0) is 89.9 Å². The average Bonchev–Trinajstić information content (AvgIpc) is 3.36. The van der Waals surface area contributed by atoms with E-state index < -0.39 is 12.1 Å². The summed E-state index contributed by atoms with van der Waals surface area (Å²) in [6, 6.07) is -0.655. The summed E-state index contributed by atoms with van der Waals surface area (Å²) in [4.78, 5) is 12.5. The van der Waals surface area contributed by atoms with Crippen molar-refractivity contribution in [2.75, 3.05) is 6.61 Å². The van der Waals surface area contributed by atoms with Gasteiger partial charge in [0.2, 0.25) is 5.91 Å². The Bertz CT molecular complexity index is 1330. The maximum absolute atomic E-state index is 12.5. The number of aliphatic hydroxyl groups is 2. The normalized spacial score (nSPS) is 13.6. The molecule has 3 N–H and O–H groups in total. The van der Waals surface area contributed by atoms with Crippen molar-refractivity contribution < 1.29 is 15.0 Å². The van der Waals surface area contributed by atoms with Crippen molar-refractivity contribution in [3.8, 4) is 0 Å². The van der Waals surface area contributed by atoms with E-state index in [2.05, 4.69) is 116 Å². The molecule has 0 aromatic carbocycles. The predicted molar refractivity (Wildman–Crippen MR) is 313 cm³/mol. The Labute approximate surface area is 436 Å². The zero-order valence-corrected chi connectivity index (χ0v) is 46.3. The van der Waals surface area contributed by atoms with Crippen molar-refractivity contribution >= 4 is 5.91 Å². The molecule has 2 unspecified atom stereocenters. The summed E-state index contributed by atoms with van der Waals surface area (Å²) in [7, 11) is 0. The second-order valence-electron chi connectivity index (χ2n) is 20.0. The van der Waals surface area contributed by atoms with Crippen molar-refractivity contribution in [3.63, 3.8) is 0 Å². The Morgan fingerprint density at radius 2 is 0.643 bits per heavy atom. The van der Waals surface area contributed by atoms with E-state index >= 15 is 0 Å². The van der Waals surface area contributed by atoms with Gasteiger partial charge in [0.15, 0.2) is 0 Å². The molecule has 0 saturated carbocycles. The minimum absolute atomic E-state index is 0.0872. The number of nitrogens with one attached hydrogen (secondary N) is 1. The van der Waals surface area contributed by atoms with E-state index in [1.165, 1.54) is 173 Å². The molecule has 0 aromatic heterocycles. The number of aliphatic hydroxyl groups excluding tert-OH is 2. The van der Waals surface area contributed by atoms with Crippen LogP contribution in [0, 0.1) is 0 Å². The number of carbonyl (C=O) groups excluding carboxylic acids is 1. The molecule has 0 saturated heterocycles. The summed E-state index contributed by atoms with van der Waals surface area (Å²) in [5.41, 5.74) is 0. The van der Waals surface area contributed by atoms with Gasteiger partial charge in [0.1, 0.15) is 0 Å². The van der Waals surface area contributed by atoms with Gasteiger partial charge in [-0.2, -0.15) is 0 Å². The van der Waals surface area contributed by atoms with Gasteiger partial charge < -0.3 is 15.5 Å². The number of allylic oxidation sites excluding steroid dienone is 17. The van der Waals surface area contributed by atoms with Crippen LogP contribution >= 0.6 is 0 Å². The van der Waals surface area contributed by atoms with Gasteiger partial charge in [0, 0.05) is 6.42 Å². The minimum Gasteiger partial charge on any atom is -0.394 e. The Balaban J connectivity index is 3.60. The fourth-order valence-corrected chi connectivity index (χ4v) is 8.71. The molecule has 0 heterocycles. The van der Waals surface area contributed by atoms with Crippen molar-refractivity contribution in [1.82, 2.24) is 5.32 Å². The summed E-state index contributed by atoms with van der Waals surface area (Å²) in [6.45, 7) is 4.19. The summed E-state index contributed by atoms with van der Waals surface area (Å²) >= 11 is 0. The van der Waals surface area contributed by atoms with Crippen LogP contribution in [0.5, 0.6) is 0 Å². The lowest BCUT2D eigenvalue weighted by atomic mass is 10.0. The lowest BCUT2D eigenvalue weighted by molar-refractivity contribution is -0.123. The zero-order valence-electron chi connectivity index (χ0n) is 46.3. The molecule has 2 atom stereocenters. The Hall–Kier alpha value is -2.95. The standard InChI is InChI=1S/C66H115NO3/c1-3-5-7-9-11-13-15-17-19-21-23-25-27-29-31-33-35-37-39-41-43-45-47-49-51-53-55-57-59-61-65(69)64(63-68)67-66(70)62-60-58-56-54-52-50-48-46-44-42-40-38-36-34-32-30-28-26-24-22-20-18-16-14-12-10-8-6-4-2/h6,8,12,14,18,20,24,26,30,32,36,38,42,44,51,53,59,61,64-65,68-69H,3-5,7,9-11,13,15-17,19,21-23,25,27-29,31,33-35,37,39-41,43,45-50,52,54-58,60,62-63H2,1-2H3,(H,67,70)/b8-6-,14-12-,20-18-,26-24-,32-30-,38-36-,44-42-,53-51+,61-59+. The molecular weight excluding hydrogens is 855 g/mol. The third-order valence-corrected chi connectivity index (χ3v) is 13.2. The molecule has 0 spiro atoms. The van der Waals surface area contributed by atoms with Crippen LogP contribution in [0.2, 0.25) is 0 Å². The van der Waals surface area contributed by atoms with E-state index in [9.17, 15) is 15.0 Å². The smallest absolute Gasteiger partial charge is 0.220 e. The highest BCUT2D eigenvalue weighted by molar-refractivity contribution is 5.76. The molecule has 0 aromatic rings. The Kier molecular flexibility index (Phi) is 57.8. The van der Waals surface area contributed by atoms with Crippen LogP contribution in [0.15, 0.2) is 109 Å². The third kappa shape index (κ3) is 56.0. The highest BCUT2D eigenvalue weighted by Gasteiger charge is 2.18. The molecule has 0 fully saturated rings. The number of hydrogen-bond donors (Lipinski definition) is 3. The van der Waals surface area contributed by atoms with Crippen LogP contribution in [-0.4, -0.2) is 34.9 Å². The third-order valence-electron chi connectivity index (χ3n) is 13.2. The summed E-state index contributed by atoms with van der Waals surface area (Å²) < 4.78 is 0. The molecule has 0 rings (SSSR count). The maximum atomic E-state index is 12.5. The first-order chi connectivity index (χ1) is 34.7. The van der Waals surface area contributed by atoms with E-state index in [4.69, 9.17) is 0 Å². The molecule has 0 aliphatic heterocycles. The second kappa shape index (κ2) is 60.4. The summed E-state index contributed by atoms with van der Waals surface area (Å²) in [5.74, 6) is -0.0872. The van der Waals surface area contributed by atoms with Crippen LogP contribution in [0.4, 0.5) is 0 Å². The van der Waals surface area contributed by atoms with Gasteiger partial charge in [0.05, 0.1) is 18.8 Å². The number of amides is 1. The number of carbonyl (C=O) groups is 1. The molecule has 0 radical (unpaired) electrons. The highest BCUT2D eigenvalue weighted by atomic mass is 16.3. The summed E-state index contributed by atoms with van der Waals surface area (Å²) in [6.07, 6.45) is 91.2. The number of hydrogen-bond acceptors (Lipinski definition) is 3.